The fourth-order valence-corrected chi connectivity index (χ4v) is 3.26. The maximum absolute atomic E-state index is 12.7. The minimum atomic E-state index is 0.162. The van der Waals surface area contributed by atoms with Crippen molar-refractivity contribution in [3.63, 3.8) is 0 Å². The van der Waals surface area contributed by atoms with E-state index in [1.807, 2.05) is 0 Å². The van der Waals surface area contributed by atoms with Gasteiger partial charge in [0.05, 0.1) is 0 Å². The van der Waals surface area contributed by atoms with Crippen LogP contribution in [0, 0.1) is 12.8 Å². The molecule has 20 heavy (non-hydrogen) atoms. The van der Waals surface area contributed by atoms with Crippen LogP contribution in [-0.4, -0.2) is 22.9 Å². The Labute approximate surface area is 121 Å². The first-order chi connectivity index (χ1) is 9.63. The quantitative estimate of drug-likeness (QED) is 0.916. The van der Waals surface area contributed by atoms with Gasteiger partial charge in [-0.1, -0.05) is 29.8 Å². The molecule has 1 aromatic carbocycles. The van der Waals surface area contributed by atoms with E-state index in [0.29, 0.717) is 11.9 Å². The molecular weight excluding hydrogens is 248 g/mol. The highest BCUT2D eigenvalue weighted by Crippen LogP contribution is 2.33. The van der Waals surface area contributed by atoms with Crippen LogP contribution in [0.1, 0.15) is 43.2 Å². The monoisotopic (exact) mass is 272 g/mol. The molecule has 0 bridgehead atoms. The van der Waals surface area contributed by atoms with Crippen LogP contribution in [0.2, 0.25) is 0 Å². The van der Waals surface area contributed by atoms with Crippen molar-refractivity contribution >= 4 is 5.91 Å². The van der Waals surface area contributed by atoms with Gasteiger partial charge >= 0.3 is 0 Å². The predicted octanol–water partition coefficient (Wildman–Crippen LogP) is 2.61. The molecule has 0 radical (unpaired) electrons. The normalized spacial score (nSPS) is 25.7. The summed E-state index contributed by atoms with van der Waals surface area (Å²) in [6.45, 7) is 2.86. The molecule has 0 spiro atoms. The minimum Gasteiger partial charge on any atom is -0.335 e. The summed E-state index contributed by atoms with van der Waals surface area (Å²) in [5.74, 6) is 0.498. The Bertz CT molecular complexity index is 496. The van der Waals surface area contributed by atoms with Gasteiger partial charge in [0.2, 0.25) is 5.91 Å². The van der Waals surface area contributed by atoms with E-state index in [-0.39, 0.29) is 12.0 Å². The van der Waals surface area contributed by atoms with Crippen molar-refractivity contribution in [2.45, 2.75) is 57.7 Å². The van der Waals surface area contributed by atoms with Crippen LogP contribution in [0.25, 0.3) is 0 Å². The van der Waals surface area contributed by atoms with Gasteiger partial charge in [0.1, 0.15) is 0 Å². The fraction of sp³-hybridized carbons (Fsp3) is 0.588. The van der Waals surface area contributed by atoms with Crippen molar-refractivity contribution in [1.82, 2.24) is 4.90 Å². The third-order valence-corrected chi connectivity index (χ3v) is 4.53. The van der Waals surface area contributed by atoms with Crippen molar-refractivity contribution in [2.75, 3.05) is 0 Å². The number of amides is 1. The van der Waals surface area contributed by atoms with E-state index in [4.69, 9.17) is 5.73 Å². The average molecular weight is 272 g/mol. The summed E-state index contributed by atoms with van der Waals surface area (Å²) < 4.78 is 0. The van der Waals surface area contributed by atoms with Gasteiger partial charge in [0.15, 0.2) is 0 Å². The lowest BCUT2D eigenvalue weighted by atomic mass is 10.0. The summed E-state index contributed by atoms with van der Waals surface area (Å²) in [6, 6.07) is 9.18. The smallest absolute Gasteiger partial charge is 0.226 e. The van der Waals surface area contributed by atoms with Crippen LogP contribution in [0.3, 0.4) is 0 Å². The molecule has 1 amide bonds. The topological polar surface area (TPSA) is 46.3 Å². The summed E-state index contributed by atoms with van der Waals surface area (Å²) in [6.07, 6.45) is 5.17. The Morgan fingerprint density at radius 2 is 2.10 bits per heavy atom. The molecule has 2 N–H and O–H groups in total. The third kappa shape index (κ3) is 3.04. The van der Waals surface area contributed by atoms with Gasteiger partial charge < -0.3 is 10.6 Å². The number of carbonyl (C=O) groups is 1. The largest absolute Gasteiger partial charge is 0.335 e. The van der Waals surface area contributed by atoms with E-state index in [2.05, 4.69) is 36.1 Å². The Morgan fingerprint density at radius 1 is 1.30 bits per heavy atom. The molecule has 2 aliphatic rings. The van der Waals surface area contributed by atoms with E-state index < -0.39 is 0 Å². The highest BCUT2D eigenvalue weighted by atomic mass is 16.2. The lowest BCUT2D eigenvalue weighted by Crippen LogP contribution is -2.37. The fourth-order valence-electron chi connectivity index (χ4n) is 3.26. The average Bonchev–Trinajstić information content (AvgIpc) is 3.17. The molecule has 2 fully saturated rings. The summed E-state index contributed by atoms with van der Waals surface area (Å²) in [5.41, 5.74) is 8.46. The van der Waals surface area contributed by atoms with Gasteiger partial charge in [-0.3, -0.25) is 4.79 Å². The van der Waals surface area contributed by atoms with Gasteiger partial charge in [-0.25, -0.2) is 0 Å². The molecule has 1 aromatic rings. The zero-order chi connectivity index (χ0) is 14.1. The summed E-state index contributed by atoms with van der Waals surface area (Å²) in [4.78, 5) is 14.8. The first-order valence-corrected chi connectivity index (χ1v) is 7.75. The standard InChI is InChI=1S/C17H24N2O/c1-12-3-2-4-13(9-12)11-19(16-7-8-16)17(20)14-5-6-15(18)10-14/h2-4,9,14-16H,5-8,10-11,18H2,1H3/t14-,15-/m0/s1. The number of aryl methyl sites for hydroxylation is 1. The molecule has 0 aliphatic heterocycles. The zero-order valence-corrected chi connectivity index (χ0v) is 12.2. The van der Waals surface area contributed by atoms with Crippen molar-refractivity contribution in [1.29, 1.82) is 0 Å². The van der Waals surface area contributed by atoms with Gasteiger partial charge in [-0.15, -0.1) is 0 Å². The molecule has 108 valence electrons. The number of carbonyl (C=O) groups excluding carboxylic acids is 1. The van der Waals surface area contributed by atoms with Crippen LogP contribution in [0.4, 0.5) is 0 Å². The van der Waals surface area contributed by atoms with E-state index in [9.17, 15) is 4.79 Å². The van der Waals surface area contributed by atoms with E-state index in [1.54, 1.807) is 0 Å². The van der Waals surface area contributed by atoms with Gasteiger partial charge in [0, 0.05) is 24.5 Å². The lowest BCUT2D eigenvalue weighted by molar-refractivity contribution is -0.136. The van der Waals surface area contributed by atoms with Gasteiger partial charge in [-0.05, 0) is 44.6 Å². The van der Waals surface area contributed by atoms with Gasteiger partial charge in [0.25, 0.3) is 0 Å². The highest BCUT2D eigenvalue weighted by Gasteiger charge is 2.38. The van der Waals surface area contributed by atoms with Crippen molar-refractivity contribution < 1.29 is 4.79 Å². The number of hydrogen-bond acceptors (Lipinski definition) is 2. The summed E-state index contributed by atoms with van der Waals surface area (Å²) in [5, 5.41) is 0. The SMILES string of the molecule is Cc1cccc(CN(C(=O)[C@H]2CC[C@H](N)C2)C2CC2)c1. The number of nitrogens with zero attached hydrogens (tertiary/aromatic N) is 1. The van der Waals surface area contributed by atoms with Crippen molar-refractivity contribution in [3.05, 3.63) is 35.4 Å². The number of rotatable bonds is 4. The Balaban J connectivity index is 1.71. The zero-order valence-electron chi connectivity index (χ0n) is 12.2. The summed E-state index contributed by atoms with van der Waals surface area (Å²) in [7, 11) is 0. The molecular formula is C17H24N2O. The number of benzene rings is 1. The Kier molecular flexibility index (Phi) is 3.79. The van der Waals surface area contributed by atoms with Gasteiger partial charge in [-0.2, -0.15) is 0 Å². The second-order valence-corrected chi connectivity index (χ2v) is 6.46. The highest BCUT2D eigenvalue weighted by molar-refractivity contribution is 5.80. The molecule has 3 rings (SSSR count). The molecule has 2 aliphatic carbocycles. The Hall–Kier alpha value is -1.35. The number of nitrogens with two attached hydrogens (primary N) is 1. The summed E-state index contributed by atoms with van der Waals surface area (Å²) >= 11 is 0. The molecule has 0 aromatic heterocycles. The van der Waals surface area contributed by atoms with Crippen molar-refractivity contribution in [3.8, 4) is 0 Å². The minimum absolute atomic E-state index is 0.162. The van der Waals surface area contributed by atoms with Crippen LogP contribution < -0.4 is 5.73 Å². The number of hydrogen-bond donors (Lipinski definition) is 1. The lowest BCUT2D eigenvalue weighted by Gasteiger charge is -2.26. The van der Waals surface area contributed by atoms with Crippen LogP contribution >= 0.6 is 0 Å². The first kappa shape index (κ1) is 13.6. The predicted molar refractivity (Wildman–Crippen MR) is 80.1 cm³/mol. The van der Waals surface area contributed by atoms with E-state index in [1.165, 1.54) is 11.1 Å². The molecule has 0 heterocycles. The first-order valence-electron chi connectivity index (χ1n) is 7.75. The molecule has 2 saturated carbocycles. The van der Waals surface area contributed by atoms with E-state index >= 15 is 0 Å². The van der Waals surface area contributed by atoms with Crippen LogP contribution in [-0.2, 0) is 11.3 Å². The molecule has 0 saturated heterocycles. The third-order valence-electron chi connectivity index (χ3n) is 4.53. The van der Waals surface area contributed by atoms with Crippen molar-refractivity contribution in [2.24, 2.45) is 11.7 Å². The molecule has 2 atom stereocenters. The maximum atomic E-state index is 12.7. The molecule has 3 nitrogen and oxygen atoms in total. The Morgan fingerprint density at radius 3 is 2.70 bits per heavy atom. The second kappa shape index (κ2) is 5.57. The van der Waals surface area contributed by atoms with E-state index in [0.717, 1.165) is 38.6 Å². The van der Waals surface area contributed by atoms with Crippen LogP contribution in [0.15, 0.2) is 24.3 Å². The molecule has 3 heteroatoms. The molecule has 0 unspecified atom stereocenters. The second-order valence-electron chi connectivity index (χ2n) is 6.46. The van der Waals surface area contributed by atoms with Crippen LogP contribution in [0.5, 0.6) is 0 Å². The maximum Gasteiger partial charge on any atom is 0.226 e.